The molecule has 0 bridgehead atoms. The van der Waals surface area contributed by atoms with Crippen molar-refractivity contribution < 1.29 is 17.9 Å². The number of esters is 1. The van der Waals surface area contributed by atoms with Crippen LogP contribution in [0.4, 0.5) is 0 Å². The molecular weight excluding hydrogens is 352 g/mol. The highest BCUT2D eigenvalue weighted by Crippen LogP contribution is 2.19. The maximum absolute atomic E-state index is 12.3. The van der Waals surface area contributed by atoms with Gasteiger partial charge in [-0.15, -0.1) is 0 Å². The summed E-state index contributed by atoms with van der Waals surface area (Å²) in [4.78, 5) is 13.8. The molecule has 0 aromatic carbocycles. The Morgan fingerprint density at radius 3 is 2.04 bits per heavy atom. The first-order valence-electron chi connectivity index (χ1n) is 9.90. The molecule has 0 saturated carbocycles. The van der Waals surface area contributed by atoms with Gasteiger partial charge in [-0.1, -0.05) is 51.9 Å². The van der Waals surface area contributed by atoms with Gasteiger partial charge in [-0.25, -0.2) is 8.42 Å². The first-order valence-corrected chi connectivity index (χ1v) is 11.8. The lowest BCUT2D eigenvalue weighted by molar-refractivity contribution is -0.141. The average Bonchev–Trinajstić information content (AvgIpc) is 2.55. The Hall–Kier alpha value is -0.660. The van der Waals surface area contributed by atoms with Gasteiger partial charge in [0.05, 0.1) is 19.8 Å². The summed E-state index contributed by atoms with van der Waals surface area (Å²) in [6.45, 7) is 3.46. The van der Waals surface area contributed by atoms with E-state index in [4.69, 9.17) is 4.74 Å². The molecule has 6 nitrogen and oxygen atoms in total. The second-order valence-electron chi connectivity index (χ2n) is 7.37. The van der Waals surface area contributed by atoms with Crippen LogP contribution in [0.2, 0.25) is 0 Å². The third-order valence-corrected chi connectivity index (χ3v) is 5.92. The largest absolute Gasteiger partial charge is 0.469 e. The first-order chi connectivity index (χ1) is 12.2. The zero-order valence-corrected chi connectivity index (χ0v) is 18.3. The summed E-state index contributed by atoms with van der Waals surface area (Å²) in [5, 5.41) is 0. The van der Waals surface area contributed by atoms with Crippen LogP contribution in [0.25, 0.3) is 0 Å². The lowest BCUT2D eigenvalue weighted by atomic mass is 10.0. The second-order valence-corrected chi connectivity index (χ2v) is 9.31. The minimum Gasteiger partial charge on any atom is -0.469 e. The number of nitrogens with zero attached hydrogens (tertiary/aromatic N) is 2. The highest BCUT2D eigenvalue weighted by atomic mass is 32.2. The van der Waals surface area contributed by atoms with Gasteiger partial charge < -0.3 is 9.64 Å². The molecular formula is C19H40N2O4S. The van der Waals surface area contributed by atoms with Gasteiger partial charge >= 0.3 is 5.97 Å². The Kier molecular flexibility index (Phi) is 14.0. The predicted molar refractivity (Wildman–Crippen MR) is 108 cm³/mol. The van der Waals surface area contributed by atoms with E-state index in [1.54, 1.807) is 0 Å². The fraction of sp³-hybridized carbons (Fsp3) is 0.947. The molecule has 0 amide bonds. The second kappa shape index (κ2) is 14.4. The number of ether oxygens (including phenoxy) is 1. The zero-order chi connectivity index (χ0) is 20.0. The normalized spacial score (nSPS) is 13.3. The number of sulfonamides is 1. The molecule has 0 aromatic rings. The first kappa shape index (κ1) is 25.3. The maximum Gasteiger partial charge on any atom is 0.307 e. The van der Waals surface area contributed by atoms with Gasteiger partial charge in [0.25, 0.3) is 0 Å². The molecule has 0 aliphatic carbocycles. The Morgan fingerprint density at radius 1 is 0.962 bits per heavy atom. The SMILES string of the molecule is CCCCCCCCCC(CC(=O)OC)N(CCCN(C)C)S(C)(=O)=O. The van der Waals surface area contributed by atoms with Crippen LogP contribution in [0, 0.1) is 0 Å². The summed E-state index contributed by atoms with van der Waals surface area (Å²) in [5.41, 5.74) is 0. The third-order valence-electron chi connectivity index (χ3n) is 4.59. The Balaban J connectivity index is 4.72. The number of hydrogen-bond donors (Lipinski definition) is 0. The molecule has 0 radical (unpaired) electrons. The van der Waals surface area contributed by atoms with Crippen molar-refractivity contribution in [1.82, 2.24) is 9.21 Å². The zero-order valence-electron chi connectivity index (χ0n) is 17.5. The van der Waals surface area contributed by atoms with Crippen molar-refractivity contribution >= 4 is 16.0 Å². The van der Waals surface area contributed by atoms with Crippen molar-refractivity contribution in [3.63, 3.8) is 0 Å². The smallest absolute Gasteiger partial charge is 0.307 e. The van der Waals surface area contributed by atoms with Crippen LogP contribution in [0.15, 0.2) is 0 Å². The lowest BCUT2D eigenvalue weighted by Gasteiger charge is -2.29. The van der Waals surface area contributed by atoms with Crippen LogP contribution in [-0.4, -0.2) is 70.2 Å². The van der Waals surface area contributed by atoms with Crippen molar-refractivity contribution in [1.29, 1.82) is 0 Å². The topological polar surface area (TPSA) is 66.9 Å². The van der Waals surface area contributed by atoms with Crippen LogP contribution in [-0.2, 0) is 19.6 Å². The fourth-order valence-electron chi connectivity index (χ4n) is 3.12. The van der Waals surface area contributed by atoms with E-state index in [1.165, 1.54) is 49.8 Å². The quantitative estimate of drug-likeness (QED) is 0.298. The van der Waals surface area contributed by atoms with Gasteiger partial charge in [-0.3, -0.25) is 4.79 Å². The summed E-state index contributed by atoms with van der Waals surface area (Å²) in [6, 6.07) is -0.310. The van der Waals surface area contributed by atoms with E-state index in [-0.39, 0.29) is 18.4 Å². The van der Waals surface area contributed by atoms with E-state index in [2.05, 4.69) is 6.92 Å². The number of hydrogen-bond acceptors (Lipinski definition) is 5. The molecule has 0 heterocycles. The van der Waals surface area contributed by atoms with Crippen molar-refractivity contribution in [3.8, 4) is 0 Å². The molecule has 0 spiro atoms. The average molecular weight is 393 g/mol. The predicted octanol–water partition coefficient (Wildman–Crippen LogP) is 3.27. The van der Waals surface area contributed by atoms with Gasteiger partial charge in [0.1, 0.15) is 0 Å². The van der Waals surface area contributed by atoms with Crippen molar-refractivity contribution in [2.75, 3.05) is 40.6 Å². The van der Waals surface area contributed by atoms with Crippen LogP contribution in [0.5, 0.6) is 0 Å². The molecule has 1 atom stereocenters. The maximum atomic E-state index is 12.3. The van der Waals surface area contributed by atoms with E-state index < -0.39 is 10.0 Å². The highest BCUT2D eigenvalue weighted by Gasteiger charge is 2.28. The van der Waals surface area contributed by atoms with Gasteiger partial charge in [0, 0.05) is 12.6 Å². The molecule has 0 N–H and O–H groups in total. The van der Waals surface area contributed by atoms with E-state index in [1.807, 2.05) is 19.0 Å². The van der Waals surface area contributed by atoms with Crippen LogP contribution in [0.1, 0.15) is 71.1 Å². The molecule has 0 aliphatic rings. The molecule has 1 unspecified atom stereocenters. The summed E-state index contributed by atoms with van der Waals surface area (Å²) < 4.78 is 30.9. The molecule has 0 aromatic heterocycles. The standard InChI is InChI=1S/C19H40N2O4S/c1-6-7-8-9-10-11-12-14-18(17-19(22)25-4)21(26(5,23)24)16-13-15-20(2)3/h18H,6-17H2,1-5H3. The van der Waals surface area contributed by atoms with Crippen LogP contribution < -0.4 is 0 Å². The van der Waals surface area contributed by atoms with Gasteiger partial charge in [-0.2, -0.15) is 4.31 Å². The molecule has 0 fully saturated rings. The molecule has 0 saturated heterocycles. The van der Waals surface area contributed by atoms with E-state index in [0.717, 1.165) is 25.8 Å². The van der Waals surface area contributed by atoms with Crippen molar-refractivity contribution in [2.45, 2.75) is 77.2 Å². The number of rotatable bonds is 16. The molecule has 7 heteroatoms. The number of carbonyl (C=O) groups excluding carboxylic acids is 1. The Morgan fingerprint density at radius 2 is 1.54 bits per heavy atom. The van der Waals surface area contributed by atoms with Gasteiger partial charge in [0.15, 0.2) is 0 Å². The van der Waals surface area contributed by atoms with E-state index >= 15 is 0 Å². The molecule has 26 heavy (non-hydrogen) atoms. The summed E-state index contributed by atoms with van der Waals surface area (Å²) in [7, 11) is 1.92. The van der Waals surface area contributed by atoms with Crippen molar-refractivity contribution in [2.24, 2.45) is 0 Å². The molecule has 0 aliphatic heterocycles. The minimum absolute atomic E-state index is 0.126. The minimum atomic E-state index is -3.36. The number of methoxy groups -OCH3 is 1. The number of unbranched alkanes of at least 4 members (excludes halogenated alkanes) is 6. The van der Waals surface area contributed by atoms with E-state index in [9.17, 15) is 13.2 Å². The Labute approximate surface area is 161 Å². The Bertz CT molecular complexity index is 466. The molecule has 0 rings (SSSR count). The number of carbonyl (C=O) groups is 1. The summed E-state index contributed by atoms with van der Waals surface area (Å²) >= 11 is 0. The molecule has 156 valence electrons. The van der Waals surface area contributed by atoms with Crippen LogP contribution in [0.3, 0.4) is 0 Å². The van der Waals surface area contributed by atoms with E-state index in [0.29, 0.717) is 13.0 Å². The van der Waals surface area contributed by atoms with Crippen molar-refractivity contribution in [3.05, 3.63) is 0 Å². The third kappa shape index (κ3) is 12.7. The summed E-state index contributed by atoms with van der Waals surface area (Å²) in [5.74, 6) is -0.348. The lowest BCUT2D eigenvalue weighted by Crippen LogP contribution is -2.42. The van der Waals surface area contributed by atoms with Gasteiger partial charge in [-0.05, 0) is 33.5 Å². The monoisotopic (exact) mass is 392 g/mol. The van der Waals surface area contributed by atoms with Crippen LogP contribution >= 0.6 is 0 Å². The van der Waals surface area contributed by atoms with Gasteiger partial charge in [0.2, 0.25) is 10.0 Å². The summed E-state index contributed by atoms with van der Waals surface area (Å²) in [6.07, 6.45) is 11.0. The fourth-order valence-corrected chi connectivity index (χ4v) is 4.30. The highest BCUT2D eigenvalue weighted by molar-refractivity contribution is 7.88.